The highest BCUT2D eigenvalue weighted by Gasteiger charge is 2.05. The van der Waals surface area contributed by atoms with E-state index in [-0.39, 0.29) is 0 Å². The fourth-order valence-electron chi connectivity index (χ4n) is 2.07. The van der Waals surface area contributed by atoms with Crippen molar-refractivity contribution in [2.24, 2.45) is 0 Å². The van der Waals surface area contributed by atoms with Gasteiger partial charge in [0.2, 0.25) is 0 Å². The van der Waals surface area contributed by atoms with E-state index in [1.165, 1.54) is 5.56 Å². The van der Waals surface area contributed by atoms with E-state index in [0.717, 1.165) is 28.2 Å². The lowest BCUT2D eigenvalue weighted by Gasteiger charge is -2.09. The molecule has 0 radical (unpaired) electrons. The van der Waals surface area contributed by atoms with Crippen molar-refractivity contribution in [1.29, 1.82) is 0 Å². The number of para-hydroxylation sites is 1. The smallest absolute Gasteiger partial charge is 0.153 e. The summed E-state index contributed by atoms with van der Waals surface area (Å²) in [7, 11) is 1.86. The van der Waals surface area contributed by atoms with Crippen molar-refractivity contribution in [2.75, 3.05) is 12.4 Å². The third kappa shape index (κ3) is 2.43. The van der Waals surface area contributed by atoms with Gasteiger partial charge in [-0.1, -0.05) is 29.8 Å². The van der Waals surface area contributed by atoms with Gasteiger partial charge in [0.1, 0.15) is 17.1 Å². The van der Waals surface area contributed by atoms with Gasteiger partial charge in [0.25, 0.3) is 0 Å². The molecule has 20 heavy (non-hydrogen) atoms. The van der Waals surface area contributed by atoms with Gasteiger partial charge < -0.3 is 10.1 Å². The summed E-state index contributed by atoms with van der Waals surface area (Å²) in [6.07, 6.45) is 0. The molecular formula is C17H16N2O. The maximum absolute atomic E-state index is 5.96. The maximum atomic E-state index is 5.96. The standard InChI is InChI=1S/C17H16N2O/c1-12-6-9-14(10-7-12)20-15-5-3-4-13-8-11-16(18-2)19-17(13)15/h3-11H,1-2H3,(H,18,19). The molecule has 0 aliphatic rings. The van der Waals surface area contributed by atoms with E-state index in [9.17, 15) is 0 Å². The predicted molar refractivity (Wildman–Crippen MR) is 82.5 cm³/mol. The number of ether oxygens (including phenoxy) is 1. The quantitative estimate of drug-likeness (QED) is 0.762. The van der Waals surface area contributed by atoms with Crippen molar-refractivity contribution in [3.8, 4) is 11.5 Å². The minimum absolute atomic E-state index is 0.767. The van der Waals surface area contributed by atoms with Crippen LogP contribution in [0.25, 0.3) is 10.9 Å². The minimum atomic E-state index is 0.767. The average molecular weight is 264 g/mol. The second-order valence-corrected chi connectivity index (χ2v) is 4.69. The van der Waals surface area contributed by atoms with Gasteiger partial charge >= 0.3 is 0 Å². The van der Waals surface area contributed by atoms with Crippen LogP contribution in [0, 0.1) is 6.92 Å². The predicted octanol–water partition coefficient (Wildman–Crippen LogP) is 4.38. The molecular weight excluding hydrogens is 248 g/mol. The maximum Gasteiger partial charge on any atom is 0.153 e. The molecule has 0 fully saturated rings. The molecule has 3 nitrogen and oxygen atoms in total. The third-order valence-corrected chi connectivity index (χ3v) is 3.19. The Hall–Kier alpha value is -2.55. The van der Waals surface area contributed by atoms with Crippen LogP contribution in [-0.2, 0) is 0 Å². The van der Waals surface area contributed by atoms with Gasteiger partial charge in [-0.3, -0.25) is 0 Å². The summed E-state index contributed by atoms with van der Waals surface area (Å²) < 4.78 is 5.96. The molecule has 0 atom stereocenters. The fraction of sp³-hybridized carbons (Fsp3) is 0.118. The van der Waals surface area contributed by atoms with E-state index in [1.807, 2.05) is 61.6 Å². The molecule has 3 heteroatoms. The van der Waals surface area contributed by atoms with E-state index >= 15 is 0 Å². The number of benzene rings is 2. The number of hydrogen-bond donors (Lipinski definition) is 1. The van der Waals surface area contributed by atoms with Gasteiger partial charge in [-0.05, 0) is 37.3 Å². The van der Waals surface area contributed by atoms with Crippen molar-refractivity contribution < 1.29 is 4.74 Å². The Balaban J connectivity index is 2.04. The van der Waals surface area contributed by atoms with Crippen LogP contribution in [0.5, 0.6) is 11.5 Å². The topological polar surface area (TPSA) is 34.1 Å². The molecule has 2 aromatic carbocycles. The van der Waals surface area contributed by atoms with E-state index in [1.54, 1.807) is 0 Å². The Morgan fingerprint density at radius 1 is 0.950 bits per heavy atom. The van der Waals surface area contributed by atoms with Crippen LogP contribution in [0.15, 0.2) is 54.6 Å². The molecule has 3 aromatic rings. The van der Waals surface area contributed by atoms with E-state index < -0.39 is 0 Å². The average Bonchev–Trinajstić information content (AvgIpc) is 2.49. The van der Waals surface area contributed by atoms with Crippen molar-refractivity contribution in [1.82, 2.24) is 4.98 Å². The van der Waals surface area contributed by atoms with E-state index in [0.29, 0.717) is 0 Å². The number of fused-ring (bicyclic) bond motifs is 1. The number of anilines is 1. The molecule has 1 heterocycles. The first-order valence-corrected chi connectivity index (χ1v) is 6.58. The lowest BCUT2D eigenvalue weighted by atomic mass is 10.2. The summed E-state index contributed by atoms with van der Waals surface area (Å²) in [6, 6.07) is 17.9. The minimum Gasteiger partial charge on any atom is -0.455 e. The van der Waals surface area contributed by atoms with Gasteiger partial charge in [-0.2, -0.15) is 0 Å². The largest absolute Gasteiger partial charge is 0.455 e. The number of pyridine rings is 1. The zero-order valence-corrected chi connectivity index (χ0v) is 11.6. The van der Waals surface area contributed by atoms with Gasteiger partial charge in [0.15, 0.2) is 5.75 Å². The Morgan fingerprint density at radius 2 is 1.75 bits per heavy atom. The number of nitrogens with zero attached hydrogens (tertiary/aromatic N) is 1. The molecule has 0 bridgehead atoms. The molecule has 1 aromatic heterocycles. The Bertz CT molecular complexity index is 736. The Morgan fingerprint density at radius 3 is 2.50 bits per heavy atom. The number of nitrogens with one attached hydrogen (secondary N) is 1. The Labute approximate surface area is 118 Å². The molecule has 0 aliphatic heterocycles. The highest BCUT2D eigenvalue weighted by Crippen LogP contribution is 2.29. The van der Waals surface area contributed by atoms with Crippen LogP contribution in [0.4, 0.5) is 5.82 Å². The zero-order valence-electron chi connectivity index (χ0n) is 11.6. The number of rotatable bonds is 3. The highest BCUT2D eigenvalue weighted by atomic mass is 16.5. The summed E-state index contributed by atoms with van der Waals surface area (Å²) >= 11 is 0. The van der Waals surface area contributed by atoms with Crippen LogP contribution < -0.4 is 10.1 Å². The molecule has 0 saturated carbocycles. The summed E-state index contributed by atoms with van der Waals surface area (Å²) in [6.45, 7) is 2.06. The van der Waals surface area contributed by atoms with Crippen molar-refractivity contribution in [2.45, 2.75) is 6.92 Å². The van der Waals surface area contributed by atoms with Crippen molar-refractivity contribution in [3.63, 3.8) is 0 Å². The molecule has 3 rings (SSSR count). The van der Waals surface area contributed by atoms with E-state index in [4.69, 9.17) is 4.74 Å². The molecule has 0 unspecified atom stereocenters. The van der Waals surface area contributed by atoms with Crippen molar-refractivity contribution >= 4 is 16.7 Å². The molecule has 1 N–H and O–H groups in total. The summed E-state index contributed by atoms with van der Waals surface area (Å²) in [4.78, 5) is 4.57. The molecule has 100 valence electrons. The zero-order chi connectivity index (χ0) is 13.9. The second kappa shape index (κ2) is 5.21. The van der Waals surface area contributed by atoms with Gasteiger partial charge in [-0.25, -0.2) is 4.98 Å². The lowest BCUT2D eigenvalue weighted by Crippen LogP contribution is -1.94. The van der Waals surface area contributed by atoms with Gasteiger partial charge in [0.05, 0.1) is 0 Å². The molecule has 0 aliphatic carbocycles. The van der Waals surface area contributed by atoms with Gasteiger partial charge in [0, 0.05) is 12.4 Å². The number of hydrogen-bond acceptors (Lipinski definition) is 3. The normalized spacial score (nSPS) is 10.5. The van der Waals surface area contributed by atoms with Crippen molar-refractivity contribution in [3.05, 3.63) is 60.2 Å². The monoisotopic (exact) mass is 264 g/mol. The summed E-state index contributed by atoms with van der Waals surface area (Å²) in [5.74, 6) is 2.42. The van der Waals surface area contributed by atoms with Gasteiger partial charge in [-0.15, -0.1) is 0 Å². The number of aryl methyl sites for hydroxylation is 1. The van der Waals surface area contributed by atoms with Crippen LogP contribution >= 0.6 is 0 Å². The first kappa shape index (κ1) is 12.5. The Kier molecular flexibility index (Phi) is 3.25. The van der Waals surface area contributed by atoms with E-state index in [2.05, 4.69) is 17.2 Å². The molecule has 0 spiro atoms. The highest BCUT2D eigenvalue weighted by molar-refractivity contribution is 5.86. The van der Waals surface area contributed by atoms with Crippen LogP contribution in [0.2, 0.25) is 0 Å². The summed E-state index contributed by atoms with van der Waals surface area (Å²) in [5.41, 5.74) is 2.07. The lowest BCUT2D eigenvalue weighted by molar-refractivity contribution is 0.487. The van der Waals surface area contributed by atoms with Crippen LogP contribution in [0.1, 0.15) is 5.56 Å². The molecule has 0 amide bonds. The first-order valence-electron chi connectivity index (χ1n) is 6.58. The SMILES string of the molecule is CNc1ccc2cccc(Oc3ccc(C)cc3)c2n1. The van der Waals surface area contributed by atoms with Crippen LogP contribution in [0.3, 0.4) is 0 Å². The molecule has 0 saturated heterocycles. The summed E-state index contributed by atoms with van der Waals surface area (Å²) in [5, 5.41) is 4.11. The van der Waals surface area contributed by atoms with Crippen LogP contribution in [-0.4, -0.2) is 12.0 Å². The fourth-order valence-corrected chi connectivity index (χ4v) is 2.07. The third-order valence-electron chi connectivity index (χ3n) is 3.19. The number of aromatic nitrogens is 1. The second-order valence-electron chi connectivity index (χ2n) is 4.69. The first-order chi connectivity index (χ1) is 9.76.